The van der Waals surface area contributed by atoms with E-state index in [4.69, 9.17) is 0 Å². The summed E-state index contributed by atoms with van der Waals surface area (Å²) in [6.45, 7) is 0.857. The van der Waals surface area contributed by atoms with Gasteiger partial charge in [-0.15, -0.1) is 5.10 Å². The van der Waals surface area contributed by atoms with Gasteiger partial charge in [0.1, 0.15) is 0 Å². The number of hydrogen-bond acceptors (Lipinski definition) is 3. The first-order chi connectivity index (χ1) is 13.8. The molecular formula is C23H24N4O. The second-order valence-electron chi connectivity index (χ2n) is 7.91. The van der Waals surface area contributed by atoms with E-state index < -0.39 is 0 Å². The van der Waals surface area contributed by atoms with Crippen molar-refractivity contribution in [3.63, 3.8) is 0 Å². The lowest BCUT2D eigenvalue weighted by Gasteiger charge is -2.20. The van der Waals surface area contributed by atoms with Gasteiger partial charge in [0.2, 0.25) is 0 Å². The number of carbonyl (C=O) groups is 1. The Morgan fingerprint density at radius 2 is 1.61 bits per heavy atom. The van der Waals surface area contributed by atoms with Crippen molar-refractivity contribution < 1.29 is 4.79 Å². The normalized spacial score (nSPS) is 16.6. The van der Waals surface area contributed by atoms with Crippen LogP contribution in [0.4, 0.5) is 0 Å². The lowest BCUT2D eigenvalue weighted by Crippen LogP contribution is -2.28. The van der Waals surface area contributed by atoms with Gasteiger partial charge in [-0.2, -0.15) is 0 Å². The van der Waals surface area contributed by atoms with Crippen molar-refractivity contribution in [3.05, 3.63) is 71.5 Å². The van der Waals surface area contributed by atoms with E-state index in [1.165, 1.54) is 43.2 Å². The number of nitrogens with zero attached hydrogens (tertiary/aromatic N) is 3. The molecule has 2 aliphatic rings. The van der Waals surface area contributed by atoms with Crippen LogP contribution in [0.25, 0.3) is 11.1 Å². The SMILES string of the molecule is O=C(NC1c2ccccc2-c2ccccc21)c1cn(CC2CCCCC2)nn1. The molecule has 1 saturated carbocycles. The zero-order valence-electron chi connectivity index (χ0n) is 15.8. The molecule has 2 aliphatic carbocycles. The molecule has 1 fully saturated rings. The maximum Gasteiger partial charge on any atom is 0.274 e. The molecule has 1 aromatic heterocycles. The van der Waals surface area contributed by atoms with Gasteiger partial charge in [-0.3, -0.25) is 9.48 Å². The molecule has 2 aromatic carbocycles. The second-order valence-corrected chi connectivity index (χ2v) is 7.91. The molecule has 5 nitrogen and oxygen atoms in total. The number of hydrogen-bond donors (Lipinski definition) is 1. The van der Waals surface area contributed by atoms with Crippen LogP contribution in [0.3, 0.4) is 0 Å². The number of amides is 1. The molecular weight excluding hydrogens is 348 g/mol. The minimum Gasteiger partial charge on any atom is -0.340 e. The summed E-state index contributed by atoms with van der Waals surface area (Å²) >= 11 is 0. The summed E-state index contributed by atoms with van der Waals surface area (Å²) in [6, 6.07) is 16.4. The highest BCUT2D eigenvalue weighted by atomic mass is 16.2. The smallest absolute Gasteiger partial charge is 0.274 e. The summed E-state index contributed by atoms with van der Waals surface area (Å²) in [5.74, 6) is 0.478. The minimum atomic E-state index is -0.175. The topological polar surface area (TPSA) is 59.8 Å². The summed E-state index contributed by atoms with van der Waals surface area (Å²) in [4.78, 5) is 12.9. The standard InChI is InChI=1S/C23H24N4O/c28-23(21-15-27(26-25-21)14-16-8-2-1-3-9-16)24-22-19-12-6-4-10-17(19)18-11-5-7-13-20(18)22/h4-7,10-13,15-16,22H,1-3,8-9,14H2,(H,24,28). The molecule has 3 aromatic rings. The quantitative estimate of drug-likeness (QED) is 0.740. The van der Waals surface area contributed by atoms with Crippen LogP contribution in [0.15, 0.2) is 54.7 Å². The van der Waals surface area contributed by atoms with Crippen LogP contribution in [-0.2, 0) is 6.54 Å². The molecule has 0 bridgehead atoms. The van der Waals surface area contributed by atoms with Crippen molar-refractivity contribution in [2.75, 3.05) is 0 Å². The largest absolute Gasteiger partial charge is 0.340 e. The van der Waals surface area contributed by atoms with E-state index in [-0.39, 0.29) is 11.9 Å². The van der Waals surface area contributed by atoms with Crippen molar-refractivity contribution >= 4 is 5.91 Å². The maximum absolute atomic E-state index is 12.9. The Labute approximate surface area is 164 Å². The van der Waals surface area contributed by atoms with Crippen LogP contribution in [0, 0.1) is 5.92 Å². The van der Waals surface area contributed by atoms with E-state index >= 15 is 0 Å². The van der Waals surface area contributed by atoms with Crippen molar-refractivity contribution in [3.8, 4) is 11.1 Å². The first-order valence-corrected chi connectivity index (χ1v) is 10.2. The Hall–Kier alpha value is -2.95. The molecule has 142 valence electrons. The predicted molar refractivity (Wildman–Crippen MR) is 108 cm³/mol. The molecule has 28 heavy (non-hydrogen) atoms. The first-order valence-electron chi connectivity index (χ1n) is 10.2. The molecule has 1 heterocycles. The van der Waals surface area contributed by atoms with Gasteiger partial charge in [0.15, 0.2) is 5.69 Å². The summed E-state index contributed by atoms with van der Waals surface area (Å²) < 4.78 is 1.83. The molecule has 0 saturated heterocycles. The fourth-order valence-electron chi connectivity index (χ4n) is 4.64. The van der Waals surface area contributed by atoms with Crippen molar-refractivity contribution in [2.24, 2.45) is 5.92 Å². The van der Waals surface area contributed by atoms with Crippen LogP contribution >= 0.6 is 0 Å². The highest BCUT2D eigenvalue weighted by Crippen LogP contribution is 2.43. The molecule has 1 N–H and O–H groups in total. The number of fused-ring (bicyclic) bond motifs is 3. The zero-order valence-corrected chi connectivity index (χ0v) is 15.8. The van der Waals surface area contributed by atoms with Gasteiger partial charge in [-0.25, -0.2) is 0 Å². The van der Waals surface area contributed by atoms with Gasteiger partial charge in [-0.05, 0) is 41.0 Å². The van der Waals surface area contributed by atoms with Gasteiger partial charge < -0.3 is 5.32 Å². The number of carbonyl (C=O) groups excluding carboxylic acids is 1. The monoisotopic (exact) mass is 372 g/mol. The Balaban J connectivity index is 1.35. The van der Waals surface area contributed by atoms with Crippen LogP contribution in [0.5, 0.6) is 0 Å². The summed E-state index contributed by atoms with van der Waals surface area (Å²) in [5, 5.41) is 11.5. The van der Waals surface area contributed by atoms with Gasteiger partial charge in [0.25, 0.3) is 5.91 Å². The minimum absolute atomic E-state index is 0.150. The third-order valence-corrected chi connectivity index (χ3v) is 6.05. The third kappa shape index (κ3) is 3.11. The van der Waals surface area contributed by atoms with Gasteiger partial charge in [0.05, 0.1) is 12.2 Å². The second kappa shape index (κ2) is 7.23. The molecule has 0 unspecified atom stereocenters. The number of aromatic nitrogens is 3. The molecule has 5 rings (SSSR count). The summed E-state index contributed by atoms with van der Waals surface area (Å²) in [7, 11) is 0. The van der Waals surface area contributed by atoms with E-state index in [1.54, 1.807) is 6.20 Å². The average Bonchev–Trinajstić information content (AvgIpc) is 3.33. The van der Waals surface area contributed by atoms with E-state index in [0.29, 0.717) is 11.6 Å². The molecule has 0 spiro atoms. The Kier molecular flexibility index (Phi) is 4.43. The summed E-state index contributed by atoms with van der Waals surface area (Å²) in [6.07, 6.45) is 8.22. The van der Waals surface area contributed by atoms with E-state index in [9.17, 15) is 4.79 Å². The van der Waals surface area contributed by atoms with E-state index in [1.807, 2.05) is 28.9 Å². The number of benzene rings is 2. The fourth-order valence-corrected chi connectivity index (χ4v) is 4.64. The van der Waals surface area contributed by atoms with Crippen molar-refractivity contribution in [2.45, 2.75) is 44.7 Å². The Morgan fingerprint density at radius 3 is 2.29 bits per heavy atom. The number of rotatable bonds is 4. The van der Waals surface area contributed by atoms with Gasteiger partial charge in [0, 0.05) is 6.54 Å². The lowest BCUT2D eigenvalue weighted by atomic mass is 9.89. The highest BCUT2D eigenvalue weighted by Gasteiger charge is 2.30. The first kappa shape index (κ1) is 17.2. The average molecular weight is 372 g/mol. The van der Waals surface area contributed by atoms with Crippen LogP contribution < -0.4 is 5.32 Å². The summed E-state index contributed by atoms with van der Waals surface area (Å²) in [5.41, 5.74) is 5.02. The number of nitrogens with one attached hydrogen (secondary N) is 1. The third-order valence-electron chi connectivity index (χ3n) is 6.05. The van der Waals surface area contributed by atoms with Gasteiger partial charge >= 0.3 is 0 Å². The van der Waals surface area contributed by atoms with Crippen molar-refractivity contribution in [1.29, 1.82) is 0 Å². The van der Waals surface area contributed by atoms with E-state index in [2.05, 4.69) is 39.9 Å². The molecule has 5 heteroatoms. The van der Waals surface area contributed by atoms with Crippen LogP contribution in [-0.4, -0.2) is 20.9 Å². The van der Waals surface area contributed by atoms with E-state index in [0.717, 1.165) is 17.7 Å². The molecule has 0 radical (unpaired) electrons. The predicted octanol–water partition coefficient (Wildman–Crippen LogP) is 4.36. The molecule has 1 amide bonds. The van der Waals surface area contributed by atoms with Gasteiger partial charge in [-0.1, -0.05) is 73.0 Å². The van der Waals surface area contributed by atoms with Crippen LogP contribution in [0.2, 0.25) is 0 Å². The zero-order chi connectivity index (χ0) is 18.9. The Morgan fingerprint density at radius 1 is 0.964 bits per heavy atom. The molecule has 0 aliphatic heterocycles. The van der Waals surface area contributed by atoms with Crippen LogP contribution in [0.1, 0.15) is 59.8 Å². The molecule has 0 atom stereocenters. The fraction of sp³-hybridized carbons (Fsp3) is 0.348. The Bertz CT molecular complexity index is 958. The van der Waals surface area contributed by atoms with Crippen molar-refractivity contribution in [1.82, 2.24) is 20.3 Å². The lowest BCUT2D eigenvalue weighted by molar-refractivity contribution is 0.0938. The maximum atomic E-state index is 12.9. The highest BCUT2D eigenvalue weighted by molar-refractivity contribution is 5.93.